The molecule has 0 aliphatic heterocycles. The zero-order valence-electron chi connectivity index (χ0n) is 21.6. The van der Waals surface area contributed by atoms with Gasteiger partial charge in [0.1, 0.15) is 17.0 Å². The number of hydrogen-bond acceptors (Lipinski definition) is 4. The summed E-state index contributed by atoms with van der Waals surface area (Å²) in [5.41, 5.74) is 1.77. The third kappa shape index (κ3) is 5.70. The van der Waals surface area contributed by atoms with Crippen LogP contribution in [0.5, 0.6) is 5.75 Å². The van der Waals surface area contributed by atoms with E-state index in [1.54, 1.807) is 34.8 Å². The number of ether oxygens (including phenoxy) is 1. The van der Waals surface area contributed by atoms with E-state index in [1.807, 2.05) is 67.6 Å². The number of carbonyl (C=O) groups is 1. The first kappa shape index (κ1) is 26.4. The highest BCUT2D eigenvalue weighted by molar-refractivity contribution is 6.30. The van der Waals surface area contributed by atoms with Crippen LogP contribution in [0, 0.1) is 5.92 Å². The molecular formula is C30H32ClN3O3. The van der Waals surface area contributed by atoms with Gasteiger partial charge in [0.15, 0.2) is 0 Å². The summed E-state index contributed by atoms with van der Waals surface area (Å²) < 4.78 is 6.90. The monoisotopic (exact) mass is 517 g/mol. The van der Waals surface area contributed by atoms with Crippen molar-refractivity contribution in [1.82, 2.24) is 14.5 Å². The summed E-state index contributed by atoms with van der Waals surface area (Å²) in [7, 11) is 1.60. The van der Waals surface area contributed by atoms with Gasteiger partial charge >= 0.3 is 0 Å². The van der Waals surface area contributed by atoms with Gasteiger partial charge < -0.3 is 9.64 Å². The summed E-state index contributed by atoms with van der Waals surface area (Å²) in [6.07, 6.45) is 0.787. The van der Waals surface area contributed by atoms with Crippen molar-refractivity contribution in [1.29, 1.82) is 0 Å². The Hall–Kier alpha value is -3.64. The van der Waals surface area contributed by atoms with Gasteiger partial charge in [-0.05, 0) is 61.2 Å². The van der Waals surface area contributed by atoms with E-state index in [2.05, 4.69) is 13.8 Å². The van der Waals surface area contributed by atoms with Gasteiger partial charge in [-0.25, -0.2) is 4.98 Å². The number of benzene rings is 3. The maximum Gasteiger partial charge on any atom is 0.266 e. The Bertz CT molecular complexity index is 1420. The van der Waals surface area contributed by atoms with Crippen molar-refractivity contribution in [3.05, 3.63) is 101 Å². The maximum atomic E-state index is 13.8. The molecule has 0 saturated carbocycles. The number of carbonyl (C=O) groups excluding carboxylic acids is 1. The summed E-state index contributed by atoms with van der Waals surface area (Å²) in [6.45, 7) is 6.62. The van der Waals surface area contributed by atoms with Crippen LogP contribution in [0.15, 0.2) is 83.7 Å². The zero-order chi connectivity index (χ0) is 26.5. The quantitative estimate of drug-likeness (QED) is 0.244. The Morgan fingerprint density at radius 3 is 2.27 bits per heavy atom. The van der Waals surface area contributed by atoms with Gasteiger partial charge in [-0.3, -0.25) is 14.2 Å². The molecule has 4 rings (SSSR count). The molecule has 0 radical (unpaired) electrons. The molecule has 1 aromatic heterocycles. The van der Waals surface area contributed by atoms with E-state index >= 15 is 0 Å². The van der Waals surface area contributed by atoms with E-state index in [0.717, 1.165) is 12.0 Å². The second-order valence-electron chi connectivity index (χ2n) is 9.49. The fraction of sp³-hybridized carbons (Fsp3) is 0.300. The summed E-state index contributed by atoms with van der Waals surface area (Å²) in [4.78, 5) is 34.3. The molecule has 2 unspecified atom stereocenters. The lowest BCUT2D eigenvalue weighted by Gasteiger charge is -2.32. The molecule has 4 aromatic rings. The second-order valence-corrected chi connectivity index (χ2v) is 9.93. The molecule has 0 aliphatic carbocycles. The van der Waals surface area contributed by atoms with Crippen molar-refractivity contribution in [3.8, 4) is 11.4 Å². The van der Waals surface area contributed by atoms with Crippen LogP contribution in [-0.2, 0) is 4.79 Å². The molecule has 0 N–H and O–H groups in total. The van der Waals surface area contributed by atoms with Crippen LogP contribution in [0.3, 0.4) is 0 Å². The van der Waals surface area contributed by atoms with Crippen LogP contribution in [0.25, 0.3) is 16.6 Å². The van der Waals surface area contributed by atoms with Crippen LogP contribution in [0.4, 0.5) is 0 Å². The average molecular weight is 518 g/mol. The lowest BCUT2D eigenvalue weighted by Crippen LogP contribution is -2.40. The van der Waals surface area contributed by atoms with Gasteiger partial charge in [-0.2, -0.15) is 0 Å². The molecule has 0 fully saturated rings. The van der Waals surface area contributed by atoms with E-state index < -0.39 is 11.4 Å². The standard InChI is InChI=1S/C30H32ClN3O3/c1-20(2)18-19-33(30(36)27(31)22-10-6-5-7-11-22)21(3)28-32-26-13-9-8-12-25(26)29(35)34(28)23-14-16-24(37-4)17-15-23/h5-17,20-21,27H,18-19H2,1-4H3. The predicted molar refractivity (Wildman–Crippen MR) is 149 cm³/mol. The summed E-state index contributed by atoms with van der Waals surface area (Å²) in [6, 6.07) is 23.3. The van der Waals surface area contributed by atoms with Gasteiger partial charge in [0.25, 0.3) is 5.56 Å². The first-order chi connectivity index (χ1) is 17.8. The third-order valence-electron chi connectivity index (χ3n) is 6.51. The minimum absolute atomic E-state index is 0.195. The highest BCUT2D eigenvalue weighted by atomic mass is 35.5. The lowest BCUT2D eigenvalue weighted by atomic mass is 10.1. The molecule has 1 heterocycles. The van der Waals surface area contributed by atoms with Crippen LogP contribution in [0.1, 0.15) is 50.0 Å². The molecule has 0 bridgehead atoms. The van der Waals surface area contributed by atoms with E-state index in [0.29, 0.717) is 40.6 Å². The fourth-order valence-corrected chi connectivity index (χ4v) is 4.62. The van der Waals surface area contributed by atoms with Crippen molar-refractivity contribution >= 4 is 28.4 Å². The Morgan fingerprint density at radius 1 is 0.973 bits per heavy atom. The van der Waals surface area contributed by atoms with E-state index in [1.165, 1.54) is 0 Å². The van der Waals surface area contributed by atoms with Crippen molar-refractivity contribution < 1.29 is 9.53 Å². The van der Waals surface area contributed by atoms with Crippen LogP contribution in [0.2, 0.25) is 0 Å². The van der Waals surface area contributed by atoms with Crippen LogP contribution >= 0.6 is 11.6 Å². The molecule has 0 spiro atoms. The number of fused-ring (bicyclic) bond motifs is 1. The molecule has 0 saturated heterocycles. The van der Waals surface area contributed by atoms with Gasteiger partial charge in [0.2, 0.25) is 5.91 Å². The highest BCUT2D eigenvalue weighted by Crippen LogP contribution is 2.30. The molecule has 37 heavy (non-hydrogen) atoms. The van der Waals surface area contributed by atoms with Crippen LogP contribution < -0.4 is 10.3 Å². The first-order valence-corrected chi connectivity index (χ1v) is 12.9. The van der Waals surface area contributed by atoms with Crippen molar-refractivity contribution in [2.45, 2.75) is 38.6 Å². The van der Waals surface area contributed by atoms with Gasteiger partial charge in [0.05, 0.1) is 29.7 Å². The van der Waals surface area contributed by atoms with Gasteiger partial charge in [-0.15, -0.1) is 11.6 Å². The number of nitrogens with zero attached hydrogens (tertiary/aromatic N) is 3. The molecule has 192 valence electrons. The number of aromatic nitrogens is 2. The SMILES string of the molecule is COc1ccc(-n2c(C(C)N(CCC(C)C)C(=O)C(Cl)c3ccccc3)nc3ccccc3c2=O)cc1. The topological polar surface area (TPSA) is 64.4 Å². The number of hydrogen-bond donors (Lipinski definition) is 0. The molecule has 0 aliphatic rings. The zero-order valence-corrected chi connectivity index (χ0v) is 22.4. The summed E-state index contributed by atoms with van der Waals surface area (Å²) >= 11 is 6.72. The van der Waals surface area contributed by atoms with E-state index in [-0.39, 0.29) is 11.5 Å². The molecule has 6 nitrogen and oxygen atoms in total. The number of rotatable bonds is 9. The minimum Gasteiger partial charge on any atom is -0.497 e. The third-order valence-corrected chi connectivity index (χ3v) is 6.95. The Kier molecular flexibility index (Phi) is 8.29. The van der Waals surface area contributed by atoms with Gasteiger partial charge in [-0.1, -0.05) is 56.3 Å². The number of methoxy groups -OCH3 is 1. The largest absolute Gasteiger partial charge is 0.497 e. The summed E-state index contributed by atoms with van der Waals surface area (Å²) in [5.74, 6) is 1.32. The average Bonchev–Trinajstić information content (AvgIpc) is 2.93. The number of amides is 1. The Balaban J connectivity index is 1.86. The number of alkyl halides is 1. The first-order valence-electron chi connectivity index (χ1n) is 12.5. The molecule has 3 aromatic carbocycles. The van der Waals surface area contributed by atoms with Gasteiger partial charge in [0, 0.05) is 6.54 Å². The summed E-state index contributed by atoms with van der Waals surface area (Å²) in [5, 5.41) is -0.341. The molecule has 2 atom stereocenters. The van der Waals surface area contributed by atoms with Crippen molar-refractivity contribution in [2.75, 3.05) is 13.7 Å². The minimum atomic E-state index is -0.850. The molecular weight excluding hydrogens is 486 g/mol. The lowest BCUT2D eigenvalue weighted by molar-refractivity contribution is -0.133. The Morgan fingerprint density at radius 2 is 1.62 bits per heavy atom. The van der Waals surface area contributed by atoms with Crippen LogP contribution in [-0.4, -0.2) is 34.0 Å². The van der Waals surface area contributed by atoms with Crippen molar-refractivity contribution in [3.63, 3.8) is 0 Å². The number of para-hydroxylation sites is 1. The smallest absolute Gasteiger partial charge is 0.266 e. The van der Waals surface area contributed by atoms with E-state index in [9.17, 15) is 9.59 Å². The second kappa shape index (κ2) is 11.6. The van der Waals surface area contributed by atoms with E-state index in [4.69, 9.17) is 21.3 Å². The number of halogens is 1. The predicted octanol–water partition coefficient (Wildman–Crippen LogP) is 6.31. The highest BCUT2D eigenvalue weighted by Gasteiger charge is 2.31. The fourth-order valence-electron chi connectivity index (χ4n) is 4.35. The normalized spacial score (nSPS) is 12.9. The maximum absolute atomic E-state index is 13.8. The van der Waals surface area contributed by atoms with Crippen molar-refractivity contribution in [2.24, 2.45) is 5.92 Å². The molecule has 1 amide bonds. The molecule has 7 heteroatoms. The Labute approximate surface area is 222 Å².